The molecule has 0 fully saturated rings. The molecule has 0 amide bonds. The van der Waals surface area contributed by atoms with Crippen molar-refractivity contribution in [2.45, 2.75) is 13.3 Å². The Hall–Kier alpha value is -2.67. The van der Waals surface area contributed by atoms with E-state index in [9.17, 15) is 0 Å². The molecule has 0 aliphatic carbocycles. The molecule has 0 radical (unpaired) electrons. The lowest BCUT2D eigenvalue weighted by Gasteiger charge is -2.21. The number of nitrogens with two attached hydrogens (primary N) is 1. The summed E-state index contributed by atoms with van der Waals surface area (Å²) in [4.78, 5) is 2.00. The van der Waals surface area contributed by atoms with E-state index in [1.807, 2.05) is 48.3 Å². The van der Waals surface area contributed by atoms with Crippen molar-refractivity contribution in [3.8, 4) is 11.8 Å². The van der Waals surface area contributed by atoms with Gasteiger partial charge in [-0.05, 0) is 36.8 Å². The number of ether oxygens (including phenoxy) is 1. The Morgan fingerprint density at radius 1 is 1.19 bits per heavy atom. The Morgan fingerprint density at radius 3 is 2.67 bits per heavy atom. The van der Waals surface area contributed by atoms with E-state index in [4.69, 9.17) is 15.7 Å². The van der Waals surface area contributed by atoms with E-state index in [1.54, 1.807) is 6.07 Å². The van der Waals surface area contributed by atoms with E-state index in [-0.39, 0.29) is 0 Å². The van der Waals surface area contributed by atoms with Crippen molar-refractivity contribution in [1.82, 2.24) is 0 Å². The van der Waals surface area contributed by atoms with Crippen LogP contribution in [0.1, 0.15) is 18.9 Å². The Kier molecular flexibility index (Phi) is 4.68. The van der Waals surface area contributed by atoms with Crippen molar-refractivity contribution in [3.63, 3.8) is 0 Å². The topological polar surface area (TPSA) is 62.3 Å². The van der Waals surface area contributed by atoms with E-state index >= 15 is 0 Å². The minimum absolute atomic E-state index is 0.631. The summed E-state index contributed by atoms with van der Waals surface area (Å²) in [5.41, 5.74) is 9.10. The quantitative estimate of drug-likeness (QED) is 0.849. The molecule has 108 valence electrons. The second-order valence-corrected chi connectivity index (χ2v) is 4.79. The smallest absolute Gasteiger partial charge is 0.144 e. The predicted molar refractivity (Wildman–Crippen MR) is 85.9 cm³/mol. The van der Waals surface area contributed by atoms with E-state index in [0.29, 0.717) is 23.6 Å². The number of nitrogens with zero attached hydrogens (tertiary/aromatic N) is 2. The van der Waals surface area contributed by atoms with Crippen LogP contribution in [0.3, 0.4) is 0 Å². The number of rotatable bonds is 5. The largest absolute Gasteiger partial charge is 0.491 e. The zero-order valence-electron chi connectivity index (χ0n) is 12.3. The van der Waals surface area contributed by atoms with Gasteiger partial charge in [-0.25, -0.2) is 0 Å². The molecule has 0 aromatic heterocycles. The molecule has 0 aliphatic rings. The van der Waals surface area contributed by atoms with Crippen molar-refractivity contribution in [2.24, 2.45) is 0 Å². The highest BCUT2D eigenvalue weighted by molar-refractivity contribution is 5.69. The molecule has 0 unspecified atom stereocenters. The van der Waals surface area contributed by atoms with Gasteiger partial charge in [-0.1, -0.05) is 13.0 Å². The molecule has 0 saturated carbocycles. The molecule has 4 heteroatoms. The van der Waals surface area contributed by atoms with E-state index in [1.165, 1.54) is 0 Å². The fourth-order valence-electron chi connectivity index (χ4n) is 2.00. The number of hydrogen-bond donors (Lipinski definition) is 1. The maximum atomic E-state index is 8.99. The number of anilines is 3. The van der Waals surface area contributed by atoms with Gasteiger partial charge < -0.3 is 15.4 Å². The molecular formula is C17H19N3O. The Morgan fingerprint density at radius 2 is 1.95 bits per heavy atom. The van der Waals surface area contributed by atoms with Gasteiger partial charge in [-0.15, -0.1) is 0 Å². The maximum absolute atomic E-state index is 8.99. The molecule has 2 aromatic carbocycles. The molecule has 21 heavy (non-hydrogen) atoms. The van der Waals surface area contributed by atoms with Crippen molar-refractivity contribution >= 4 is 17.1 Å². The molecule has 0 spiro atoms. The predicted octanol–water partition coefficient (Wildman–Crippen LogP) is 3.70. The lowest BCUT2D eigenvalue weighted by molar-refractivity contribution is 0.319. The summed E-state index contributed by atoms with van der Waals surface area (Å²) in [5.74, 6) is 0.692. The second-order valence-electron chi connectivity index (χ2n) is 4.79. The van der Waals surface area contributed by atoms with Gasteiger partial charge in [0.15, 0.2) is 0 Å². The fraction of sp³-hybridized carbons (Fsp3) is 0.235. The molecule has 0 saturated heterocycles. The van der Waals surface area contributed by atoms with Crippen LogP contribution in [-0.2, 0) is 0 Å². The van der Waals surface area contributed by atoms with E-state index in [2.05, 4.69) is 13.0 Å². The van der Waals surface area contributed by atoms with Gasteiger partial charge in [0.05, 0.1) is 23.9 Å². The zero-order chi connectivity index (χ0) is 15.2. The first-order valence-electron chi connectivity index (χ1n) is 6.92. The van der Waals surface area contributed by atoms with Crippen LogP contribution in [0.4, 0.5) is 17.1 Å². The molecule has 0 aliphatic heterocycles. The fourth-order valence-corrected chi connectivity index (χ4v) is 2.00. The Balaban J connectivity index is 2.30. The first-order chi connectivity index (χ1) is 10.2. The lowest BCUT2D eigenvalue weighted by atomic mass is 10.2. The zero-order valence-corrected chi connectivity index (χ0v) is 12.3. The Labute approximate surface area is 125 Å². The number of nitrogen functional groups attached to an aromatic ring is 1. The van der Waals surface area contributed by atoms with Gasteiger partial charge >= 0.3 is 0 Å². The molecule has 0 atom stereocenters. The maximum Gasteiger partial charge on any atom is 0.144 e. The summed E-state index contributed by atoms with van der Waals surface area (Å²) in [6.45, 7) is 2.70. The Bertz CT molecular complexity index is 661. The summed E-state index contributed by atoms with van der Waals surface area (Å²) in [6.07, 6.45) is 0.934. The lowest BCUT2D eigenvalue weighted by Crippen LogP contribution is -2.10. The normalized spacial score (nSPS) is 9.95. The van der Waals surface area contributed by atoms with Gasteiger partial charge in [0.25, 0.3) is 0 Å². The molecule has 0 heterocycles. The summed E-state index contributed by atoms with van der Waals surface area (Å²) in [7, 11) is 1.95. The first-order valence-corrected chi connectivity index (χ1v) is 6.92. The van der Waals surface area contributed by atoms with Crippen LogP contribution in [0.5, 0.6) is 5.75 Å². The third kappa shape index (κ3) is 3.46. The summed E-state index contributed by atoms with van der Waals surface area (Å²) in [5, 5.41) is 8.99. The minimum atomic E-state index is 0.631. The minimum Gasteiger partial charge on any atom is -0.491 e. The SMILES string of the molecule is CCCOc1cc(N(C)c2cccc(C#N)c2)ccc1N. The molecular weight excluding hydrogens is 262 g/mol. The molecule has 2 aromatic rings. The highest BCUT2D eigenvalue weighted by atomic mass is 16.5. The molecule has 0 bridgehead atoms. The van der Waals surface area contributed by atoms with Crippen LogP contribution in [0, 0.1) is 11.3 Å². The second kappa shape index (κ2) is 6.67. The van der Waals surface area contributed by atoms with Crippen LogP contribution >= 0.6 is 0 Å². The molecule has 2 N–H and O–H groups in total. The third-order valence-electron chi connectivity index (χ3n) is 3.21. The average Bonchev–Trinajstić information content (AvgIpc) is 2.53. The monoisotopic (exact) mass is 281 g/mol. The van der Waals surface area contributed by atoms with E-state index in [0.717, 1.165) is 17.8 Å². The standard InChI is InChI=1S/C17H19N3O/c1-3-9-21-17-11-15(7-8-16(17)19)20(2)14-6-4-5-13(10-14)12-18/h4-8,10-11H,3,9,19H2,1-2H3. The van der Waals surface area contributed by atoms with Crippen molar-refractivity contribution in [1.29, 1.82) is 5.26 Å². The highest BCUT2D eigenvalue weighted by Gasteiger charge is 2.08. The van der Waals surface area contributed by atoms with Crippen LogP contribution in [-0.4, -0.2) is 13.7 Å². The third-order valence-corrected chi connectivity index (χ3v) is 3.21. The number of benzene rings is 2. The highest BCUT2D eigenvalue weighted by Crippen LogP contribution is 2.31. The van der Waals surface area contributed by atoms with Crippen LogP contribution in [0.25, 0.3) is 0 Å². The summed E-state index contributed by atoms with van der Waals surface area (Å²) in [6, 6.07) is 15.3. The molecule has 4 nitrogen and oxygen atoms in total. The van der Waals surface area contributed by atoms with Crippen molar-refractivity contribution in [2.75, 3.05) is 24.3 Å². The molecule has 2 rings (SSSR count). The van der Waals surface area contributed by atoms with Gasteiger partial charge in [0.2, 0.25) is 0 Å². The first kappa shape index (κ1) is 14.7. The summed E-state index contributed by atoms with van der Waals surface area (Å²) < 4.78 is 5.65. The summed E-state index contributed by atoms with van der Waals surface area (Å²) >= 11 is 0. The van der Waals surface area contributed by atoms with Gasteiger partial charge in [0.1, 0.15) is 5.75 Å². The van der Waals surface area contributed by atoms with Gasteiger partial charge in [0, 0.05) is 24.5 Å². The number of hydrogen-bond acceptors (Lipinski definition) is 4. The van der Waals surface area contributed by atoms with Crippen LogP contribution in [0.15, 0.2) is 42.5 Å². The van der Waals surface area contributed by atoms with Crippen molar-refractivity contribution in [3.05, 3.63) is 48.0 Å². The van der Waals surface area contributed by atoms with E-state index < -0.39 is 0 Å². The van der Waals surface area contributed by atoms with Crippen LogP contribution in [0.2, 0.25) is 0 Å². The average molecular weight is 281 g/mol. The van der Waals surface area contributed by atoms with Gasteiger partial charge in [-0.3, -0.25) is 0 Å². The van der Waals surface area contributed by atoms with Crippen molar-refractivity contribution < 1.29 is 4.74 Å². The van der Waals surface area contributed by atoms with Crippen LogP contribution < -0.4 is 15.4 Å². The van der Waals surface area contributed by atoms with Gasteiger partial charge in [-0.2, -0.15) is 5.26 Å². The number of nitriles is 1.